The van der Waals surface area contributed by atoms with E-state index in [1.165, 1.54) is 24.8 Å². The first-order valence-electron chi connectivity index (χ1n) is 9.02. The Morgan fingerprint density at radius 3 is 2.92 bits per heavy atom. The SMILES string of the molecule is NC1=NC(c2cc(CC3CC3)ccc2O)=CN(C2CCCNC2)C1. The number of amidine groups is 1. The first-order chi connectivity index (χ1) is 11.7. The van der Waals surface area contributed by atoms with Gasteiger partial charge in [-0.3, -0.25) is 0 Å². The lowest BCUT2D eigenvalue weighted by Gasteiger charge is -2.35. The van der Waals surface area contributed by atoms with E-state index in [1.807, 2.05) is 6.07 Å². The Morgan fingerprint density at radius 1 is 1.29 bits per heavy atom. The Labute approximate surface area is 143 Å². The van der Waals surface area contributed by atoms with Crippen LogP contribution in [0.4, 0.5) is 0 Å². The summed E-state index contributed by atoms with van der Waals surface area (Å²) in [6.07, 6.45) is 8.17. The van der Waals surface area contributed by atoms with Gasteiger partial charge in [0.05, 0.1) is 12.2 Å². The molecule has 1 unspecified atom stereocenters. The first kappa shape index (κ1) is 15.5. The summed E-state index contributed by atoms with van der Waals surface area (Å²) >= 11 is 0. The van der Waals surface area contributed by atoms with Gasteiger partial charge >= 0.3 is 0 Å². The molecule has 1 saturated heterocycles. The molecule has 5 nitrogen and oxygen atoms in total. The van der Waals surface area contributed by atoms with Crippen LogP contribution in [0.3, 0.4) is 0 Å². The predicted octanol–water partition coefficient (Wildman–Crippen LogP) is 2.07. The Hall–Kier alpha value is -2.01. The highest BCUT2D eigenvalue weighted by Gasteiger charge is 2.25. The van der Waals surface area contributed by atoms with Crippen molar-refractivity contribution in [1.82, 2.24) is 10.2 Å². The number of piperidine rings is 1. The van der Waals surface area contributed by atoms with Crippen molar-refractivity contribution in [3.05, 3.63) is 35.5 Å². The van der Waals surface area contributed by atoms with Gasteiger partial charge in [0.2, 0.25) is 0 Å². The second-order valence-electron chi connectivity index (χ2n) is 7.29. The maximum Gasteiger partial charge on any atom is 0.125 e. The average Bonchev–Trinajstić information content (AvgIpc) is 3.41. The number of phenolic OH excluding ortho intramolecular Hbond substituents is 1. The van der Waals surface area contributed by atoms with Gasteiger partial charge < -0.3 is 21.1 Å². The number of hydrogen-bond donors (Lipinski definition) is 3. The lowest BCUT2D eigenvalue weighted by atomic mass is 10.0. The van der Waals surface area contributed by atoms with Crippen LogP contribution in [0.25, 0.3) is 5.70 Å². The molecule has 24 heavy (non-hydrogen) atoms. The van der Waals surface area contributed by atoms with Crippen LogP contribution in [-0.2, 0) is 6.42 Å². The number of rotatable bonds is 4. The van der Waals surface area contributed by atoms with Crippen LogP contribution in [0.2, 0.25) is 0 Å². The molecule has 0 aromatic heterocycles. The number of aromatic hydroxyl groups is 1. The van der Waals surface area contributed by atoms with Crippen LogP contribution in [0.5, 0.6) is 5.75 Å². The fraction of sp³-hybridized carbons (Fsp3) is 0.526. The summed E-state index contributed by atoms with van der Waals surface area (Å²) in [4.78, 5) is 6.80. The summed E-state index contributed by atoms with van der Waals surface area (Å²) in [5.74, 6) is 1.71. The zero-order chi connectivity index (χ0) is 16.5. The highest BCUT2D eigenvalue weighted by atomic mass is 16.3. The third-order valence-corrected chi connectivity index (χ3v) is 5.19. The van der Waals surface area contributed by atoms with Crippen molar-refractivity contribution in [2.24, 2.45) is 16.6 Å². The number of benzene rings is 1. The minimum absolute atomic E-state index is 0.279. The normalized spacial score (nSPS) is 24.5. The standard InChI is InChI=1S/C19H26N4O/c20-19-12-23(15-2-1-7-21-10-15)11-17(22-19)16-9-14(5-6-18(16)24)8-13-3-4-13/h5-6,9,11,13,15,21,24H,1-4,7-8,10,12H2,(H2,20,22). The van der Waals surface area contributed by atoms with Crippen LogP contribution in [0, 0.1) is 5.92 Å². The molecule has 0 amide bonds. The molecule has 128 valence electrons. The number of aliphatic imine (C=N–C) groups is 1. The third-order valence-electron chi connectivity index (χ3n) is 5.19. The summed E-state index contributed by atoms with van der Waals surface area (Å²) in [5, 5.41) is 13.8. The molecule has 1 atom stereocenters. The van der Waals surface area contributed by atoms with E-state index >= 15 is 0 Å². The molecule has 1 aliphatic carbocycles. The van der Waals surface area contributed by atoms with E-state index in [2.05, 4.69) is 27.5 Å². The van der Waals surface area contributed by atoms with E-state index in [0.29, 0.717) is 18.4 Å². The van der Waals surface area contributed by atoms with Crippen molar-refractivity contribution in [1.29, 1.82) is 0 Å². The molecule has 3 aliphatic rings. The molecule has 2 aliphatic heterocycles. The lowest BCUT2D eigenvalue weighted by molar-refractivity contribution is 0.252. The van der Waals surface area contributed by atoms with Gasteiger partial charge in [-0.15, -0.1) is 0 Å². The number of nitrogens with two attached hydrogens (primary N) is 1. The summed E-state index contributed by atoms with van der Waals surface area (Å²) in [6, 6.07) is 6.34. The second-order valence-corrected chi connectivity index (χ2v) is 7.29. The molecule has 1 aromatic carbocycles. The number of phenols is 1. The van der Waals surface area contributed by atoms with Gasteiger partial charge in [0.1, 0.15) is 11.6 Å². The molecular formula is C19H26N4O. The molecule has 0 spiro atoms. The van der Waals surface area contributed by atoms with Gasteiger partial charge in [0, 0.05) is 24.4 Å². The molecule has 2 heterocycles. The monoisotopic (exact) mass is 326 g/mol. The van der Waals surface area contributed by atoms with Gasteiger partial charge in [0.25, 0.3) is 0 Å². The van der Waals surface area contributed by atoms with Crippen LogP contribution in [0.15, 0.2) is 29.4 Å². The Kier molecular flexibility index (Phi) is 4.19. The average molecular weight is 326 g/mol. The van der Waals surface area contributed by atoms with E-state index in [9.17, 15) is 5.11 Å². The summed E-state index contributed by atoms with van der Waals surface area (Å²) < 4.78 is 0. The molecule has 5 heteroatoms. The molecule has 1 saturated carbocycles. The van der Waals surface area contributed by atoms with E-state index in [-0.39, 0.29) is 5.75 Å². The topological polar surface area (TPSA) is 73.9 Å². The minimum Gasteiger partial charge on any atom is -0.507 e. The van der Waals surface area contributed by atoms with Crippen LogP contribution in [0.1, 0.15) is 36.8 Å². The number of nitrogens with one attached hydrogen (secondary N) is 1. The van der Waals surface area contributed by atoms with E-state index < -0.39 is 0 Å². The Balaban J connectivity index is 1.61. The zero-order valence-electron chi connectivity index (χ0n) is 14.0. The smallest absolute Gasteiger partial charge is 0.125 e. The van der Waals surface area contributed by atoms with Crippen LogP contribution < -0.4 is 11.1 Å². The van der Waals surface area contributed by atoms with Crippen LogP contribution in [-0.4, -0.2) is 41.5 Å². The maximum absolute atomic E-state index is 10.3. The molecule has 0 radical (unpaired) electrons. The third kappa shape index (κ3) is 3.41. The number of nitrogens with zero attached hydrogens (tertiary/aromatic N) is 2. The fourth-order valence-electron chi connectivity index (χ4n) is 3.66. The predicted molar refractivity (Wildman–Crippen MR) is 96.7 cm³/mol. The van der Waals surface area contributed by atoms with Crippen molar-refractivity contribution in [2.45, 2.75) is 38.1 Å². The van der Waals surface area contributed by atoms with E-state index in [4.69, 9.17) is 5.73 Å². The molecular weight excluding hydrogens is 300 g/mol. The van der Waals surface area contributed by atoms with Crippen molar-refractivity contribution in [3.8, 4) is 5.75 Å². The molecule has 1 aromatic rings. The molecule has 4 rings (SSSR count). The molecule has 4 N–H and O–H groups in total. The summed E-state index contributed by atoms with van der Waals surface area (Å²) in [7, 11) is 0. The van der Waals surface area contributed by atoms with Crippen molar-refractivity contribution in [2.75, 3.05) is 19.6 Å². The first-order valence-corrected chi connectivity index (χ1v) is 9.02. The van der Waals surface area contributed by atoms with Gasteiger partial charge in [-0.05, 0) is 62.3 Å². The van der Waals surface area contributed by atoms with E-state index in [0.717, 1.165) is 43.1 Å². The minimum atomic E-state index is 0.279. The molecule has 0 bridgehead atoms. The zero-order valence-corrected chi connectivity index (χ0v) is 14.0. The van der Waals surface area contributed by atoms with Crippen molar-refractivity contribution < 1.29 is 5.11 Å². The summed E-state index contributed by atoms with van der Waals surface area (Å²) in [6.45, 7) is 2.73. The van der Waals surface area contributed by atoms with Gasteiger partial charge in [-0.25, -0.2) is 4.99 Å². The molecule has 2 fully saturated rings. The lowest BCUT2D eigenvalue weighted by Crippen LogP contribution is -2.47. The van der Waals surface area contributed by atoms with Gasteiger partial charge in [-0.2, -0.15) is 0 Å². The van der Waals surface area contributed by atoms with Gasteiger partial charge in [-0.1, -0.05) is 6.07 Å². The highest BCUT2D eigenvalue weighted by Crippen LogP contribution is 2.35. The number of hydrogen-bond acceptors (Lipinski definition) is 5. The fourth-order valence-corrected chi connectivity index (χ4v) is 3.66. The largest absolute Gasteiger partial charge is 0.507 e. The highest BCUT2D eigenvalue weighted by molar-refractivity contribution is 5.91. The van der Waals surface area contributed by atoms with Crippen LogP contribution >= 0.6 is 0 Å². The van der Waals surface area contributed by atoms with E-state index in [1.54, 1.807) is 6.07 Å². The quantitative estimate of drug-likeness (QED) is 0.792. The summed E-state index contributed by atoms with van der Waals surface area (Å²) in [5.41, 5.74) is 8.95. The van der Waals surface area contributed by atoms with Gasteiger partial charge in [0.15, 0.2) is 0 Å². The second kappa shape index (κ2) is 6.48. The Bertz CT molecular complexity index is 672. The maximum atomic E-state index is 10.3. The van der Waals surface area contributed by atoms with Crippen molar-refractivity contribution >= 4 is 11.5 Å². The van der Waals surface area contributed by atoms with Crippen molar-refractivity contribution in [3.63, 3.8) is 0 Å². The Morgan fingerprint density at radius 2 is 2.17 bits per heavy atom.